The number of hydrogen-bond acceptors (Lipinski definition) is 5. The number of thiophene rings is 1. The van der Waals surface area contributed by atoms with Crippen molar-refractivity contribution >= 4 is 23.3 Å². The highest BCUT2D eigenvalue weighted by Gasteiger charge is 2.57. The van der Waals surface area contributed by atoms with E-state index >= 15 is 0 Å². The van der Waals surface area contributed by atoms with Gasteiger partial charge in [-0.25, -0.2) is 4.79 Å². The molecule has 0 bridgehead atoms. The van der Waals surface area contributed by atoms with Crippen LogP contribution in [0, 0.1) is 19.8 Å². The second kappa shape index (κ2) is 9.91. The number of nitrogens with one attached hydrogen (secondary N) is 1. The third kappa shape index (κ3) is 4.62. The van der Waals surface area contributed by atoms with Crippen LogP contribution in [0.3, 0.4) is 0 Å². The van der Waals surface area contributed by atoms with E-state index in [1.165, 1.54) is 26.5 Å². The molecule has 0 unspecified atom stereocenters. The van der Waals surface area contributed by atoms with E-state index in [0.29, 0.717) is 18.7 Å². The fourth-order valence-electron chi connectivity index (χ4n) is 5.52. The van der Waals surface area contributed by atoms with Crippen LogP contribution in [0.25, 0.3) is 0 Å². The number of aromatic nitrogens is 1. The quantitative estimate of drug-likeness (QED) is 0.491. The van der Waals surface area contributed by atoms with Crippen LogP contribution in [0.2, 0.25) is 0 Å². The van der Waals surface area contributed by atoms with Gasteiger partial charge in [0.1, 0.15) is 0 Å². The van der Waals surface area contributed by atoms with Gasteiger partial charge in [0.05, 0.1) is 5.69 Å². The number of nitrogens with zero attached hydrogens (tertiary/aromatic N) is 3. The Labute approximate surface area is 211 Å². The van der Waals surface area contributed by atoms with Gasteiger partial charge in [0.25, 0.3) is 5.91 Å². The smallest absolute Gasteiger partial charge is 0.318 e. The van der Waals surface area contributed by atoms with Gasteiger partial charge in [-0.2, -0.15) is 0 Å². The number of carbonyl (C=O) groups is 2. The molecule has 182 valence electrons. The Morgan fingerprint density at radius 1 is 1.09 bits per heavy atom. The molecule has 1 atom stereocenters. The van der Waals surface area contributed by atoms with Crippen molar-refractivity contribution in [2.45, 2.75) is 45.2 Å². The lowest BCUT2D eigenvalue weighted by Crippen LogP contribution is -2.54. The van der Waals surface area contributed by atoms with Crippen LogP contribution in [-0.4, -0.2) is 46.4 Å². The number of amides is 3. The topological polar surface area (TPSA) is 65.5 Å². The molecule has 3 amide bonds. The van der Waals surface area contributed by atoms with Gasteiger partial charge in [-0.1, -0.05) is 35.9 Å². The maximum Gasteiger partial charge on any atom is 0.325 e. The van der Waals surface area contributed by atoms with Gasteiger partial charge >= 0.3 is 6.03 Å². The lowest BCUT2D eigenvalue weighted by molar-refractivity contribution is -0.134. The van der Waals surface area contributed by atoms with Crippen molar-refractivity contribution in [1.82, 2.24) is 20.1 Å². The van der Waals surface area contributed by atoms with Crippen LogP contribution in [-0.2, 0) is 23.3 Å². The molecule has 2 aliphatic rings. The minimum atomic E-state index is -1.10. The zero-order valence-corrected chi connectivity index (χ0v) is 21.2. The molecule has 0 spiro atoms. The maximum atomic E-state index is 13.9. The van der Waals surface area contributed by atoms with E-state index in [1.807, 2.05) is 35.7 Å². The van der Waals surface area contributed by atoms with Gasteiger partial charge < -0.3 is 5.32 Å². The summed E-state index contributed by atoms with van der Waals surface area (Å²) in [6.45, 7) is 7.34. The number of piperidine rings is 1. The van der Waals surface area contributed by atoms with Crippen LogP contribution in [0.1, 0.15) is 40.1 Å². The minimum absolute atomic E-state index is 0.00375. The van der Waals surface area contributed by atoms with Gasteiger partial charge in [0, 0.05) is 24.2 Å². The highest BCUT2D eigenvalue weighted by molar-refractivity contribution is 7.09. The van der Waals surface area contributed by atoms with E-state index in [9.17, 15) is 9.59 Å². The normalized spacial score (nSPS) is 21.5. The van der Waals surface area contributed by atoms with E-state index in [2.05, 4.69) is 47.2 Å². The molecule has 1 aromatic carbocycles. The van der Waals surface area contributed by atoms with Gasteiger partial charge in [0.2, 0.25) is 0 Å². The second-order valence-electron chi connectivity index (χ2n) is 9.72. The van der Waals surface area contributed by atoms with Crippen LogP contribution in [0.15, 0.2) is 60.1 Å². The Bertz CT molecular complexity index is 1190. The molecule has 0 aliphatic carbocycles. The number of likely N-dealkylation sites (tertiary alicyclic amines) is 1. The first-order valence-electron chi connectivity index (χ1n) is 12.3. The monoisotopic (exact) mass is 488 g/mol. The molecule has 0 radical (unpaired) electrons. The van der Waals surface area contributed by atoms with Gasteiger partial charge in [-0.05, 0) is 86.8 Å². The van der Waals surface area contributed by atoms with Crippen LogP contribution >= 0.6 is 11.3 Å². The Morgan fingerprint density at radius 2 is 1.91 bits per heavy atom. The first-order chi connectivity index (χ1) is 17.0. The third-order valence-electron chi connectivity index (χ3n) is 7.45. The molecule has 7 heteroatoms. The standard InChI is InChI=1S/C28H32N4O2S/c1-20-8-9-22(21(2)18-20)19-31-14-10-23(11-15-31)28(25-7-3-4-13-29-25)26(33)32(27(34)30-28)16-12-24-6-5-17-35-24/h3-9,13,17-18,23H,10-12,14-16,19H2,1-2H3,(H,30,34)/t28-/m0/s1. The van der Waals surface area contributed by atoms with Crippen molar-refractivity contribution in [3.63, 3.8) is 0 Å². The van der Waals surface area contributed by atoms with E-state index in [0.717, 1.165) is 32.5 Å². The summed E-state index contributed by atoms with van der Waals surface area (Å²) in [5, 5.41) is 5.14. The largest absolute Gasteiger partial charge is 0.325 e. The van der Waals surface area contributed by atoms with Crippen LogP contribution < -0.4 is 5.32 Å². The molecule has 4 heterocycles. The molecule has 0 saturated carbocycles. The molecule has 1 N–H and O–H groups in total. The average molecular weight is 489 g/mol. The van der Waals surface area contributed by atoms with Crippen molar-refractivity contribution in [2.75, 3.05) is 19.6 Å². The summed E-state index contributed by atoms with van der Waals surface area (Å²) in [6, 6.07) is 16.0. The van der Waals surface area contributed by atoms with Crippen molar-refractivity contribution < 1.29 is 9.59 Å². The fourth-order valence-corrected chi connectivity index (χ4v) is 6.22. The Morgan fingerprint density at radius 3 is 2.60 bits per heavy atom. The number of hydrogen-bond donors (Lipinski definition) is 1. The molecule has 2 aromatic heterocycles. The lowest BCUT2D eigenvalue weighted by atomic mass is 9.75. The molecule has 3 aromatic rings. The lowest BCUT2D eigenvalue weighted by Gasteiger charge is -2.40. The Kier molecular flexibility index (Phi) is 6.71. The number of carbonyl (C=O) groups excluding carboxylic acids is 2. The van der Waals surface area contributed by atoms with Crippen LogP contribution in [0.4, 0.5) is 4.79 Å². The summed E-state index contributed by atoms with van der Waals surface area (Å²) >= 11 is 1.65. The third-order valence-corrected chi connectivity index (χ3v) is 8.39. The van der Waals surface area contributed by atoms with E-state index in [-0.39, 0.29) is 17.9 Å². The predicted octanol–water partition coefficient (Wildman–Crippen LogP) is 4.66. The Balaban J connectivity index is 1.34. The SMILES string of the molecule is Cc1ccc(CN2CCC([C@@]3(c4ccccn4)NC(=O)N(CCc4cccs4)C3=O)CC2)c(C)c1. The Hall–Kier alpha value is -3.03. The fraction of sp³-hybridized carbons (Fsp3) is 0.393. The van der Waals surface area contributed by atoms with E-state index in [1.54, 1.807) is 17.5 Å². The van der Waals surface area contributed by atoms with Crippen molar-refractivity contribution in [1.29, 1.82) is 0 Å². The molecule has 6 nitrogen and oxygen atoms in total. The number of imide groups is 1. The molecule has 5 rings (SSSR count). The number of pyridine rings is 1. The number of rotatable bonds is 7. The molecule has 2 fully saturated rings. The van der Waals surface area contributed by atoms with Gasteiger partial charge in [0.15, 0.2) is 5.54 Å². The number of urea groups is 1. The summed E-state index contributed by atoms with van der Waals surface area (Å²) < 4.78 is 0. The number of aryl methyl sites for hydroxylation is 2. The van der Waals surface area contributed by atoms with Gasteiger partial charge in [-0.3, -0.25) is 19.6 Å². The van der Waals surface area contributed by atoms with Crippen LogP contribution in [0.5, 0.6) is 0 Å². The van der Waals surface area contributed by atoms with Crippen molar-refractivity contribution in [3.8, 4) is 0 Å². The molecule has 2 saturated heterocycles. The van der Waals surface area contributed by atoms with E-state index in [4.69, 9.17) is 0 Å². The first kappa shape index (κ1) is 23.7. The molecular formula is C28H32N4O2S. The van der Waals surface area contributed by atoms with Gasteiger partial charge in [-0.15, -0.1) is 11.3 Å². The highest BCUT2D eigenvalue weighted by Crippen LogP contribution is 2.41. The first-order valence-corrected chi connectivity index (χ1v) is 13.2. The summed E-state index contributed by atoms with van der Waals surface area (Å²) in [6.07, 6.45) is 4.03. The summed E-state index contributed by atoms with van der Waals surface area (Å²) in [7, 11) is 0. The molecular weight excluding hydrogens is 456 g/mol. The minimum Gasteiger partial charge on any atom is -0.318 e. The molecule has 2 aliphatic heterocycles. The maximum absolute atomic E-state index is 13.9. The predicted molar refractivity (Wildman–Crippen MR) is 138 cm³/mol. The summed E-state index contributed by atoms with van der Waals surface area (Å²) in [5.74, 6) is -0.165. The van der Waals surface area contributed by atoms with Crippen molar-refractivity contribution in [2.24, 2.45) is 5.92 Å². The zero-order chi connectivity index (χ0) is 24.4. The van der Waals surface area contributed by atoms with E-state index < -0.39 is 5.54 Å². The zero-order valence-electron chi connectivity index (χ0n) is 20.4. The second-order valence-corrected chi connectivity index (χ2v) is 10.8. The summed E-state index contributed by atoms with van der Waals surface area (Å²) in [4.78, 5) is 36.6. The summed E-state index contributed by atoms with van der Waals surface area (Å²) in [5.41, 5.74) is 3.49. The number of benzene rings is 1. The molecule has 35 heavy (non-hydrogen) atoms. The highest BCUT2D eigenvalue weighted by atomic mass is 32.1. The van der Waals surface area contributed by atoms with Crippen molar-refractivity contribution in [3.05, 3.63) is 87.4 Å². The average Bonchev–Trinajstić information content (AvgIpc) is 3.47.